The number of ketones is 3. The van der Waals surface area contributed by atoms with Gasteiger partial charge in [-0.05, 0) is 138 Å². The van der Waals surface area contributed by atoms with Crippen LogP contribution >= 0.6 is 44.2 Å². The van der Waals surface area contributed by atoms with Gasteiger partial charge in [-0.25, -0.2) is 32.8 Å². The van der Waals surface area contributed by atoms with Crippen molar-refractivity contribution in [3.63, 3.8) is 0 Å². The molecule has 1 unspecified atom stereocenters. The Morgan fingerprint density at radius 1 is 0.744 bits per heavy atom. The van der Waals surface area contributed by atoms with E-state index in [4.69, 9.17) is 21.7 Å². The molecule has 0 bridgehead atoms. The first-order valence-corrected chi connectivity index (χ1v) is 30.8. The minimum atomic E-state index is -3.44. The smallest absolute Gasteiger partial charge is 0.512 e. The van der Waals surface area contributed by atoms with Gasteiger partial charge in [0.05, 0.1) is 40.6 Å². The number of nitrogens with zero attached hydrogens (tertiary/aromatic N) is 7. The molecular formula is C60H81Br3FN8NaO8S. The van der Waals surface area contributed by atoms with E-state index in [9.17, 15) is 32.0 Å². The monoisotopic (exact) mass is 1350 g/mol. The third-order valence-electron chi connectivity index (χ3n) is 10.4. The Hall–Kier alpha value is -5.57. The largest absolute Gasteiger partial charge is 1.00 e. The van der Waals surface area contributed by atoms with Gasteiger partial charge in [-0.1, -0.05) is 90.5 Å². The SMILES string of the molecule is BrBr.C.C.C.CC(=O)c1ccc(F)cc1.CCC=O.CCO.CC[C@@H]1OC=NC1S(=O)(=O)c1ccc(C)cc1.CCc1cn(-c2ccc(C(=O)CBr)cc2)cn1.CCc1cn(-c2ccc(C(C)=O)cc2)cn1.CCc1cnc[nH]1.[C-]#N.[Na+]. The maximum atomic E-state index is 12.3. The molecule has 0 spiro atoms. The summed E-state index contributed by atoms with van der Waals surface area (Å²) in [4.78, 5) is 62.0. The summed E-state index contributed by atoms with van der Waals surface area (Å²) in [5.74, 6) is -0.173. The Bertz CT molecular complexity index is 2920. The zero-order valence-corrected chi connectivity index (χ0v) is 53.9. The van der Waals surface area contributed by atoms with Crippen LogP contribution in [0.5, 0.6) is 0 Å². The topological polar surface area (TPSA) is 232 Å². The fourth-order valence-corrected chi connectivity index (χ4v) is 8.07. The van der Waals surface area contributed by atoms with Gasteiger partial charge < -0.3 is 40.6 Å². The minimum Gasteiger partial charge on any atom is -0.512 e. The molecule has 82 heavy (non-hydrogen) atoms. The van der Waals surface area contributed by atoms with Gasteiger partial charge in [0.25, 0.3) is 0 Å². The van der Waals surface area contributed by atoms with Gasteiger partial charge in [-0.2, -0.15) is 0 Å². The van der Waals surface area contributed by atoms with Crippen molar-refractivity contribution >= 4 is 84.1 Å². The quantitative estimate of drug-likeness (QED) is 0.0361. The molecular weight excluding hydrogens is 1270 g/mol. The van der Waals surface area contributed by atoms with Gasteiger partial charge in [0.2, 0.25) is 9.84 Å². The predicted molar refractivity (Wildman–Crippen MR) is 336 cm³/mol. The Morgan fingerprint density at radius 3 is 1.48 bits per heavy atom. The van der Waals surface area contributed by atoms with Crippen LogP contribution in [0.3, 0.4) is 0 Å². The summed E-state index contributed by atoms with van der Waals surface area (Å²) in [6.45, 7) is 21.6. The number of halogens is 4. The molecule has 0 radical (unpaired) electrons. The first-order valence-electron chi connectivity index (χ1n) is 24.5. The molecule has 16 nitrogen and oxygen atoms in total. The van der Waals surface area contributed by atoms with E-state index in [0.29, 0.717) is 28.6 Å². The number of nitrogens with one attached hydrogen (secondary N) is 1. The summed E-state index contributed by atoms with van der Waals surface area (Å²) in [6.07, 6.45) is 17.0. The van der Waals surface area contributed by atoms with E-state index in [0.717, 1.165) is 65.0 Å². The molecule has 444 valence electrons. The average molecular weight is 1360 g/mol. The summed E-state index contributed by atoms with van der Waals surface area (Å²) in [6, 6.07) is 27.4. The number of H-pyrrole nitrogens is 1. The number of alkyl halides is 1. The van der Waals surface area contributed by atoms with Crippen LogP contribution in [0.2, 0.25) is 0 Å². The van der Waals surface area contributed by atoms with Crippen LogP contribution in [-0.2, 0) is 38.6 Å². The van der Waals surface area contributed by atoms with Crippen LogP contribution in [0.4, 0.5) is 4.39 Å². The molecule has 7 aromatic rings. The fourth-order valence-electron chi connectivity index (χ4n) is 6.08. The van der Waals surface area contributed by atoms with E-state index in [-0.39, 0.29) is 87.7 Å². The van der Waals surface area contributed by atoms with Crippen LogP contribution in [0.25, 0.3) is 11.4 Å². The van der Waals surface area contributed by atoms with Crippen molar-refractivity contribution in [2.24, 2.45) is 4.99 Å². The number of rotatable bonds is 13. The first kappa shape index (κ1) is 85.2. The van der Waals surface area contributed by atoms with E-state index in [1.807, 2.05) is 97.0 Å². The summed E-state index contributed by atoms with van der Waals surface area (Å²) >= 11 is 8.66. The number of hydrogen-bond acceptors (Lipinski definition) is 13. The number of aromatic amines is 1. The van der Waals surface area contributed by atoms with Crippen LogP contribution in [-0.4, -0.2) is 96.0 Å². The number of Topliss-reactive ketones (excluding diaryl/α,β-unsaturated/α-hetero) is 3. The second kappa shape index (κ2) is 50.0. The molecule has 4 heterocycles. The molecule has 1 aliphatic heterocycles. The van der Waals surface area contributed by atoms with Crippen molar-refractivity contribution in [2.45, 2.75) is 133 Å². The normalized spacial score (nSPS) is 11.7. The predicted octanol–water partition coefficient (Wildman–Crippen LogP) is 11.9. The van der Waals surface area contributed by atoms with E-state index in [1.165, 1.54) is 43.3 Å². The van der Waals surface area contributed by atoms with Gasteiger partial charge in [0.15, 0.2) is 29.1 Å². The fraction of sp³-hybridized carbons (Fsp3) is 0.350. The van der Waals surface area contributed by atoms with E-state index in [2.05, 4.69) is 89.9 Å². The number of sulfone groups is 1. The van der Waals surface area contributed by atoms with Crippen LogP contribution in [0.15, 0.2) is 145 Å². The third kappa shape index (κ3) is 31.7. The Kier molecular flexibility index (Phi) is 52.0. The number of aryl methyl sites for hydroxylation is 4. The molecule has 3 aromatic heterocycles. The number of aromatic nitrogens is 6. The van der Waals surface area contributed by atoms with E-state index < -0.39 is 15.2 Å². The molecule has 2 atom stereocenters. The molecule has 4 aromatic carbocycles. The summed E-state index contributed by atoms with van der Waals surface area (Å²) in [7, 11) is -3.44. The molecule has 1 aliphatic rings. The summed E-state index contributed by atoms with van der Waals surface area (Å²) in [5, 5.41) is 13.4. The van der Waals surface area contributed by atoms with Crippen molar-refractivity contribution < 1.29 is 71.4 Å². The Balaban J connectivity index is -0.000000291. The van der Waals surface area contributed by atoms with E-state index in [1.54, 1.807) is 57.1 Å². The van der Waals surface area contributed by atoms with Crippen molar-refractivity contribution in [2.75, 3.05) is 11.9 Å². The Labute approximate surface area is 533 Å². The number of hydrogen-bond donors (Lipinski definition) is 2. The first-order chi connectivity index (χ1) is 37.5. The van der Waals surface area contributed by atoms with Gasteiger partial charge in [-0.3, -0.25) is 14.4 Å². The molecule has 8 rings (SSSR count). The van der Waals surface area contributed by atoms with Crippen molar-refractivity contribution in [1.82, 2.24) is 29.1 Å². The molecule has 0 saturated heterocycles. The zero-order valence-electron chi connectivity index (χ0n) is 46.3. The number of aliphatic hydroxyl groups is 1. The van der Waals surface area contributed by atoms with Crippen LogP contribution < -0.4 is 29.6 Å². The number of benzene rings is 4. The minimum absolute atomic E-state index is 0. The zero-order chi connectivity index (χ0) is 59.1. The van der Waals surface area contributed by atoms with Crippen molar-refractivity contribution in [1.29, 1.82) is 5.26 Å². The van der Waals surface area contributed by atoms with E-state index >= 15 is 0 Å². The molecule has 0 saturated carbocycles. The van der Waals surface area contributed by atoms with Gasteiger partial charge in [0, 0.05) is 93.6 Å². The Morgan fingerprint density at radius 2 is 1.16 bits per heavy atom. The summed E-state index contributed by atoms with van der Waals surface area (Å²) < 4.78 is 46.0. The molecule has 0 fully saturated rings. The number of carbonyl (C=O) groups excluding carboxylic acids is 4. The standard InChI is InChI=1S/C13H13BrN2O.C13H14N2O.C12H15NO3S.C8H7FO.C5H8N2.C3H6O.C2H6O.CN.3CH4.Br2.Na/c1-2-11-8-16(9-15-11)12-5-3-10(4-6-12)13(17)7-14;1-3-12-8-15(9-14-12)13-6-4-11(5-7-13)10(2)16;1-3-11-12(13-8-16-11)17(14,15)10-6-4-9(2)5-7-10;1-6(10)7-2-4-8(9)5-3-7;1-2-5-3-6-4-7-5;1-2-3-4;1-2-3;1-2;;;;1-2;/h3-6,8-9H,2,7H2,1H3;4-9H,3H2,1-2H3;4-8,11-12H,3H2,1-2H3;2-5H,1H3;3-4H,2H2,1H3,(H,6,7);3H,2H2,1H3;3H,2H2,1H3;;3*1H4;;/q;;;;;;;-1;;;;;+1/t;;11-,12?;;;;;;;;;;/m..0........../s1. The number of imidazole rings is 3. The third-order valence-corrected chi connectivity index (χ3v) is 12.9. The van der Waals surface area contributed by atoms with Crippen molar-refractivity contribution in [3.05, 3.63) is 186 Å². The summed E-state index contributed by atoms with van der Waals surface area (Å²) in [5.41, 5.74) is 8.39. The van der Waals surface area contributed by atoms with Crippen molar-refractivity contribution in [3.8, 4) is 11.4 Å². The van der Waals surface area contributed by atoms with Gasteiger partial charge in [-0.15, -0.1) is 0 Å². The maximum Gasteiger partial charge on any atom is 1.00 e. The molecule has 22 heteroatoms. The number of carbonyl (C=O) groups is 4. The molecule has 0 aliphatic carbocycles. The maximum absolute atomic E-state index is 12.3. The van der Waals surface area contributed by atoms with Gasteiger partial charge in [0.1, 0.15) is 18.2 Å². The van der Waals surface area contributed by atoms with Gasteiger partial charge >= 0.3 is 29.6 Å². The molecule has 0 amide bonds. The average Bonchev–Trinajstić information content (AvgIpc) is 4.34. The van der Waals surface area contributed by atoms with Crippen LogP contribution in [0, 0.1) is 24.6 Å². The number of aliphatic hydroxyl groups excluding tert-OH is 1. The second-order valence-electron chi connectivity index (χ2n) is 15.9. The van der Waals surface area contributed by atoms with Crippen LogP contribution in [0.1, 0.15) is 144 Å². The number of aliphatic imine (C=N–C) groups is 1. The number of ether oxygens (including phenoxy) is 1. The number of aldehydes is 1. The molecule has 2 N–H and O–H groups in total. The second-order valence-corrected chi connectivity index (χ2v) is 18.5.